The molecule has 0 aliphatic carbocycles. The van der Waals surface area contributed by atoms with Gasteiger partial charge >= 0.3 is 0 Å². The molecule has 1 heterocycles. The van der Waals surface area contributed by atoms with E-state index in [2.05, 4.69) is 15.4 Å². The third-order valence-electron chi connectivity index (χ3n) is 2.96. The molecule has 0 aliphatic heterocycles. The van der Waals surface area contributed by atoms with E-state index in [1.807, 2.05) is 31.3 Å². The Labute approximate surface area is 118 Å². The zero-order valence-electron chi connectivity index (χ0n) is 11.5. The molecule has 0 bridgehead atoms. The molecule has 3 N–H and O–H groups in total. The smallest absolute Gasteiger partial charge is 0.251 e. The summed E-state index contributed by atoms with van der Waals surface area (Å²) >= 11 is 0. The summed E-state index contributed by atoms with van der Waals surface area (Å²) in [4.78, 5) is 16.3. The highest BCUT2D eigenvalue weighted by molar-refractivity contribution is 5.95. The van der Waals surface area contributed by atoms with Crippen LogP contribution in [0.4, 0.5) is 0 Å². The lowest BCUT2D eigenvalue weighted by atomic mass is 10.0. The standard InChI is InChI=1S/C14H19N5O/c1-19-10-17-13(18-19)7-9-16-14(20)12-5-3-2-4-11(12)6-8-15/h2-5,10H,6-9,15H2,1H3,(H,16,20). The summed E-state index contributed by atoms with van der Waals surface area (Å²) in [5.74, 6) is 0.646. The van der Waals surface area contributed by atoms with Crippen LogP contribution in [-0.4, -0.2) is 33.8 Å². The van der Waals surface area contributed by atoms with Crippen LogP contribution in [0.2, 0.25) is 0 Å². The van der Waals surface area contributed by atoms with E-state index in [9.17, 15) is 4.79 Å². The predicted molar refractivity (Wildman–Crippen MR) is 76.2 cm³/mol. The predicted octanol–water partition coefficient (Wildman–Crippen LogP) is 0.289. The van der Waals surface area contributed by atoms with Gasteiger partial charge in [-0.1, -0.05) is 18.2 Å². The third kappa shape index (κ3) is 3.64. The van der Waals surface area contributed by atoms with E-state index in [4.69, 9.17) is 5.73 Å². The van der Waals surface area contributed by atoms with Crippen LogP contribution in [-0.2, 0) is 19.9 Å². The summed E-state index contributed by atoms with van der Waals surface area (Å²) in [5.41, 5.74) is 7.22. The molecule has 0 atom stereocenters. The highest BCUT2D eigenvalue weighted by atomic mass is 16.1. The molecule has 0 radical (unpaired) electrons. The fourth-order valence-corrected chi connectivity index (χ4v) is 2.00. The van der Waals surface area contributed by atoms with Gasteiger partial charge in [-0.15, -0.1) is 0 Å². The van der Waals surface area contributed by atoms with Crippen LogP contribution in [0.15, 0.2) is 30.6 Å². The van der Waals surface area contributed by atoms with E-state index in [0.29, 0.717) is 31.5 Å². The molecule has 1 aromatic heterocycles. The van der Waals surface area contributed by atoms with Crippen LogP contribution in [0.3, 0.4) is 0 Å². The van der Waals surface area contributed by atoms with Crippen molar-refractivity contribution in [3.8, 4) is 0 Å². The molecular formula is C14H19N5O. The Morgan fingerprint density at radius 3 is 2.85 bits per heavy atom. The fourth-order valence-electron chi connectivity index (χ4n) is 2.00. The molecule has 0 saturated heterocycles. The van der Waals surface area contributed by atoms with Gasteiger partial charge in [-0.05, 0) is 24.6 Å². The minimum atomic E-state index is -0.0787. The second-order valence-electron chi connectivity index (χ2n) is 4.54. The minimum absolute atomic E-state index is 0.0787. The number of aryl methyl sites for hydroxylation is 1. The van der Waals surface area contributed by atoms with Crippen molar-refractivity contribution in [3.63, 3.8) is 0 Å². The molecule has 0 saturated carbocycles. The number of hydrogen-bond acceptors (Lipinski definition) is 4. The molecule has 2 aromatic rings. The number of hydrogen-bond donors (Lipinski definition) is 2. The first-order chi connectivity index (χ1) is 9.70. The number of amides is 1. The van der Waals surface area contributed by atoms with Gasteiger partial charge in [-0.2, -0.15) is 5.10 Å². The van der Waals surface area contributed by atoms with Crippen molar-refractivity contribution in [2.45, 2.75) is 12.8 Å². The van der Waals surface area contributed by atoms with Crippen LogP contribution in [0, 0.1) is 0 Å². The summed E-state index contributed by atoms with van der Waals surface area (Å²) in [6.45, 7) is 1.04. The first kappa shape index (κ1) is 14.2. The summed E-state index contributed by atoms with van der Waals surface area (Å²) in [5, 5.41) is 7.05. The van der Waals surface area contributed by atoms with Crippen LogP contribution < -0.4 is 11.1 Å². The van der Waals surface area contributed by atoms with E-state index >= 15 is 0 Å². The van der Waals surface area contributed by atoms with Crippen molar-refractivity contribution in [2.24, 2.45) is 12.8 Å². The zero-order valence-corrected chi connectivity index (χ0v) is 11.5. The molecule has 6 nitrogen and oxygen atoms in total. The summed E-state index contributed by atoms with van der Waals surface area (Å²) < 4.78 is 1.65. The molecule has 1 amide bonds. The number of benzene rings is 1. The van der Waals surface area contributed by atoms with Gasteiger partial charge in [-0.25, -0.2) is 4.98 Å². The lowest BCUT2D eigenvalue weighted by Gasteiger charge is -2.08. The van der Waals surface area contributed by atoms with Crippen molar-refractivity contribution in [1.82, 2.24) is 20.1 Å². The SMILES string of the molecule is Cn1cnc(CCNC(=O)c2ccccc2CCN)n1. The normalized spacial score (nSPS) is 10.5. The molecule has 1 aromatic carbocycles. The Hall–Kier alpha value is -2.21. The van der Waals surface area contributed by atoms with Gasteiger partial charge in [0.15, 0.2) is 5.82 Å². The largest absolute Gasteiger partial charge is 0.352 e. The topological polar surface area (TPSA) is 85.8 Å². The second-order valence-corrected chi connectivity index (χ2v) is 4.54. The van der Waals surface area contributed by atoms with E-state index in [0.717, 1.165) is 11.4 Å². The highest BCUT2D eigenvalue weighted by Gasteiger charge is 2.10. The highest BCUT2D eigenvalue weighted by Crippen LogP contribution is 2.08. The fraction of sp³-hybridized carbons (Fsp3) is 0.357. The molecule has 0 fully saturated rings. The lowest BCUT2D eigenvalue weighted by Crippen LogP contribution is -2.27. The molecule has 0 unspecified atom stereocenters. The molecule has 20 heavy (non-hydrogen) atoms. The number of carbonyl (C=O) groups excluding carboxylic acids is 1. The summed E-state index contributed by atoms with van der Waals surface area (Å²) in [6, 6.07) is 7.52. The Morgan fingerprint density at radius 2 is 2.15 bits per heavy atom. The van der Waals surface area contributed by atoms with E-state index in [1.54, 1.807) is 11.0 Å². The average molecular weight is 273 g/mol. The van der Waals surface area contributed by atoms with Gasteiger partial charge in [0.25, 0.3) is 5.91 Å². The number of nitrogens with zero attached hydrogens (tertiary/aromatic N) is 3. The number of rotatable bonds is 6. The van der Waals surface area contributed by atoms with Crippen molar-refractivity contribution in [1.29, 1.82) is 0 Å². The first-order valence-electron chi connectivity index (χ1n) is 6.61. The summed E-state index contributed by atoms with van der Waals surface area (Å²) in [7, 11) is 1.82. The zero-order chi connectivity index (χ0) is 14.4. The number of nitrogens with one attached hydrogen (secondary N) is 1. The van der Waals surface area contributed by atoms with Crippen molar-refractivity contribution in [2.75, 3.05) is 13.1 Å². The van der Waals surface area contributed by atoms with Crippen LogP contribution in [0.25, 0.3) is 0 Å². The maximum absolute atomic E-state index is 12.1. The Kier molecular flexibility index (Phi) is 4.84. The first-order valence-corrected chi connectivity index (χ1v) is 6.61. The number of aromatic nitrogens is 3. The van der Waals surface area contributed by atoms with Crippen LogP contribution in [0.5, 0.6) is 0 Å². The van der Waals surface area contributed by atoms with Crippen molar-refractivity contribution >= 4 is 5.91 Å². The Morgan fingerprint density at radius 1 is 1.35 bits per heavy atom. The van der Waals surface area contributed by atoms with Gasteiger partial charge in [-0.3, -0.25) is 9.48 Å². The minimum Gasteiger partial charge on any atom is -0.352 e. The van der Waals surface area contributed by atoms with E-state index < -0.39 is 0 Å². The second kappa shape index (κ2) is 6.81. The molecular weight excluding hydrogens is 254 g/mol. The van der Waals surface area contributed by atoms with Crippen LogP contribution in [0.1, 0.15) is 21.7 Å². The molecule has 0 spiro atoms. The molecule has 2 rings (SSSR count). The number of carbonyl (C=O) groups is 1. The van der Waals surface area contributed by atoms with Gasteiger partial charge in [0.2, 0.25) is 0 Å². The maximum Gasteiger partial charge on any atom is 0.251 e. The van der Waals surface area contributed by atoms with Gasteiger partial charge in [0, 0.05) is 25.6 Å². The Bertz CT molecular complexity index is 578. The number of nitrogens with two attached hydrogens (primary N) is 1. The Balaban J connectivity index is 1.91. The average Bonchev–Trinajstić information content (AvgIpc) is 2.85. The maximum atomic E-state index is 12.1. The molecule has 106 valence electrons. The van der Waals surface area contributed by atoms with E-state index in [1.165, 1.54) is 0 Å². The van der Waals surface area contributed by atoms with Gasteiger partial charge in [0.05, 0.1) is 0 Å². The quantitative estimate of drug-likeness (QED) is 0.792. The summed E-state index contributed by atoms with van der Waals surface area (Å²) in [6.07, 6.45) is 2.96. The monoisotopic (exact) mass is 273 g/mol. The van der Waals surface area contributed by atoms with Crippen molar-refractivity contribution < 1.29 is 4.79 Å². The van der Waals surface area contributed by atoms with Gasteiger partial charge in [0.1, 0.15) is 6.33 Å². The third-order valence-corrected chi connectivity index (χ3v) is 2.96. The lowest BCUT2D eigenvalue weighted by molar-refractivity contribution is 0.0953. The molecule has 6 heteroatoms. The van der Waals surface area contributed by atoms with Crippen molar-refractivity contribution in [3.05, 3.63) is 47.5 Å². The van der Waals surface area contributed by atoms with Crippen LogP contribution >= 0.6 is 0 Å². The molecule has 0 aliphatic rings. The van der Waals surface area contributed by atoms with Gasteiger partial charge < -0.3 is 11.1 Å². The van der Waals surface area contributed by atoms with E-state index in [-0.39, 0.29) is 5.91 Å².